The first-order valence-corrected chi connectivity index (χ1v) is 7.71. The fraction of sp³-hybridized carbons (Fsp3) is 0.188. The van der Waals surface area contributed by atoms with E-state index >= 15 is 0 Å². The number of nitrogens with zero attached hydrogens (tertiary/aromatic N) is 3. The van der Waals surface area contributed by atoms with Gasteiger partial charge in [-0.15, -0.1) is 5.10 Å². The molecule has 0 saturated heterocycles. The first kappa shape index (κ1) is 19.1. The predicted octanol–water partition coefficient (Wildman–Crippen LogP) is 4.03. The zero-order chi connectivity index (χ0) is 18.6. The van der Waals surface area contributed by atoms with Crippen molar-refractivity contribution in [1.29, 1.82) is 0 Å². The molecular weight excluding hydrogens is 375 g/mol. The predicted molar refractivity (Wildman–Crippen MR) is 94.2 cm³/mol. The fourth-order valence-corrected chi connectivity index (χ4v) is 2.71. The van der Waals surface area contributed by atoms with Crippen molar-refractivity contribution in [3.63, 3.8) is 0 Å². The second-order valence-corrected chi connectivity index (χ2v) is 5.63. The summed E-state index contributed by atoms with van der Waals surface area (Å²) in [6, 6.07) is 4.79. The fourth-order valence-electron chi connectivity index (χ4n) is 2.12. The molecule has 0 fully saturated rings. The Kier molecular flexibility index (Phi) is 6.27. The molecule has 0 radical (unpaired) electrons. The van der Waals surface area contributed by atoms with Gasteiger partial charge < -0.3 is 4.74 Å². The number of hydrogen-bond acceptors (Lipinski definition) is 4. The van der Waals surface area contributed by atoms with Gasteiger partial charge in [-0.2, -0.15) is 0 Å². The molecule has 0 saturated carbocycles. The second kappa shape index (κ2) is 8.22. The van der Waals surface area contributed by atoms with Crippen molar-refractivity contribution in [3.8, 4) is 0 Å². The minimum absolute atomic E-state index is 0.0184. The molecule has 0 atom stereocenters. The quantitative estimate of drug-likeness (QED) is 0.578. The van der Waals surface area contributed by atoms with E-state index < -0.39 is 18.9 Å². The number of aliphatic imine (C=N–C) groups is 1. The van der Waals surface area contributed by atoms with Gasteiger partial charge in [-0.3, -0.25) is 9.80 Å². The Bertz CT molecular complexity index is 771. The summed E-state index contributed by atoms with van der Waals surface area (Å²) in [4.78, 5) is 15.7. The normalized spacial score (nSPS) is 15.9. The van der Waals surface area contributed by atoms with Crippen LogP contribution in [0.3, 0.4) is 0 Å². The lowest BCUT2D eigenvalue weighted by atomic mass is 10.0. The minimum atomic E-state index is -2.62. The average molecular weight is 388 g/mol. The maximum absolute atomic E-state index is 12.3. The molecule has 132 valence electrons. The average Bonchev–Trinajstić information content (AvgIpc) is 2.56. The summed E-state index contributed by atoms with van der Waals surface area (Å²) in [6.45, 7) is 2.46. The molecule has 1 aromatic rings. The smallest absolute Gasteiger partial charge is 0.279 e. The molecule has 2 rings (SSSR count). The van der Waals surface area contributed by atoms with Crippen LogP contribution in [0.4, 0.5) is 8.78 Å². The lowest BCUT2D eigenvalue weighted by molar-refractivity contribution is -0.112. The molecule has 1 heterocycles. The number of alkyl halides is 2. The Balaban J connectivity index is 2.51. The molecule has 1 aromatic carbocycles. The van der Waals surface area contributed by atoms with Gasteiger partial charge in [-0.1, -0.05) is 29.3 Å². The number of rotatable bonds is 4. The number of likely N-dealkylation sites (N-methyl/N-ethyl adjacent to an activating group) is 1. The van der Waals surface area contributed by atoms with Crippen molar-refractivity contribution in [2.45, 2.75) is 6.43 Å². The lowest BCUT2D eigenvalue weighted by Crippen LogP contribution is -2.22. The van der Waals surface area contributed by atoms with Gasteiger partial charge >= 0.3 is 0 Å². The maximum atomic E-state index is 12.3. The standard InChI is InChI=1S/C16H13Cl2F2N3O2/c1-21-16(24)15(14-9(17)4-3-5-10(14)18)11-6-7-13(22-23(11)2)25-8-12(19)20/h3-7,12H,1,8H2,2H3/b15-11-. The van der Waals surface area contributed by atoms with Crippen molar-refractivity contribution in [1.82, 2.24) is 5.01 Å². The van der Waals surface area contributed by atoms with Crippen LogP contribution < -0.4 is 0 Å². The highest BCUT2D eigenvalue weighted by Gasteiger charge is 2.24. The number of hydrogen-bond donors (Lipinski definition) is 0. The van der Waals surface area contributed by atoms with Gasteiger partial charge in [0.1, 0.15) is 0 Å². The molecule has 0 aromatic heterocycles. The Hall–Kier alpha value is -2.25. The summed E-state index contributed by atoms with van der Waals surface area (Å²) in [7, 11) is 1.52. The molecule has 1 aliphatic heterocycles. The molecule has 9 heteroatoms. The molecule has 0 unspecified atom stereocenters. The van der Waals surface area contributed by atoms with E-state index in [1.54, 1.807) is 18.2 Å². The molecule has 0 aliphatic carbocycles. The van der Waals surface area contributed by atoms with E-state index in [2.05, 4.69) is 16.8 Å². The molecule has 1 amide bonds. The van der Waals surface area contributed by atoms with E-state index in [-0.39, 0.29) is 27.1 Å². The van der Waals surface area contributed by atoms with Crippen molar-refractivity contribution in [3.05, 3.63) is 51.7 Å². The van der Waals surface area contributed by atoms with Gasteiger partial charge in [0.05, 0.1) is 21.3 Å². The van der Waals surface area contributed by atoms with E-state index in [1.807, 2.05) is 0 Å². The van der Waals surface area contributed by atoms with Crippen molar-refractivity contribution >= 4 is 47.3 Å². The topological polar surface area (TPSA) is 54.3 Å². The SMILES string of the molecule is C=NC(=O)/C(=C1/C=CC(OCC(F)F)=NN1C)c1c(Cl)cccc1Cl. The number of amides is 1. The first-order valence-electron chi connectivity index (χ1n) is 6.96. The Morgan fingerprint density at radius 2 is 2.00 bits per heavy atom. The molecule has 5 nitrogen and oxygen atoms in total. The molecule has 0 spiro atoms. The van der Waals surface area contributed by atoms with Gasteiger partial charge in [-0.25, -0.2) is 13.8 Å². The third-order valence-corrected chi connectivity index (χ3v) is 3.79. The van der Waals surface area contributed by atoms with Crippen LogP contribution in [0.5, 0.6) is 0 Å². The molecule has 25 heavy (non-hydrogen) atoms. The van der Waals surface area contributed by atoms with E-state index in [0.717, 1.165) is 0 Å². The molecule has 1 aliphatic rings. The van der Waals surface area contributed by atoms with E-state index in [9.17, 15) is 13.6 Å². The zero-order valence-corrected chi connectivity index (χ0v) is 14.6. The summed E-state index contributed by atoms with van der Waals surface area (Å²) in [6.07, 6.45) is 0.215. The van der Waals surface area contributed by atoms with Gasteiger partial charge in [-0.05, 0) is 24.9 Å². The van der Waals surface area contributed by atoms with Crippen LogP contribution in [0.2, 0.25) is 10.0 Å². The molecule has 0 bridgehead atoms. The number of carbonyl (C=O) groups is 1. The third kappa shape index (κ3) is 4.43. The molecular formula is C16H13Cl2F2N3O2. The van der Waals surface area contributed by atoms with Gasteiger partial charge in [0.2, 0.25) is 5.90 Å². The van der Waals surface area contributed by atoms with Crippen LogP contribution in [0.25, 0.3) is 5.57 Å². The van der Waals surface area contributed by atoms with Crippen LogP contribution in [0.15, 0.2) is 46.1 Å². The lowest BCUT2D eigenvalue weighted by Gasteiger charge is -2.23. The summed E-state index contributed by atoms with van der Waals surface area (Å²) < 4.78 is 29.3. The highest BCUT2D eigenvalue weighted by Crippen LogP contribution is 2.35. The largest absolute Gasteiger partial charge is 0.471 e. The van der Waals surface area contributed by atoms with Gasteiger partial charge in [0.15, 0.2) is 6.61 Å². The van der Waals surface area contributed by atoms with Gasteiger partial charge in [0, 0.05) is 18.7 Å². The van der Waals surface area contributed by atoms with Crippen LogP contribution in [-0.2, 0) is 9.53 Å². The van der Waals surface area contributed by atoms with E-state index in [0.29, 0.717) is 5.70 Å². The van der Waals surface area contributed by atoms with Crippen LogP contribution >= 0.6 is 23.2 Å². The Morgan fingerprint density at radius 1 is 1.36 bits per heavy atom. The Labute approximate surface area is 152 Å². The number of halogens is 4. The van der Waals surface area contributed by atoms with Crippen molar-refractivity contribution in [2.75, 3.05) is 13.7 Å². The Morgan fingerprint density at radius 3 is 2.52 bits per heavy atom. The summed E-state index contributed by atoms with van der Waals surface area (Å²) in [5.74, 6) is -0.677. The van der Waals surface area contributed by atoms with Crippen LogP contribution in [0.1, 0.15) is 5.56 Å². The number of ether oxygens (including phenoxy) is 1. The van der Waals surface area contributed by atoms with Crippen molar-refractivity contribution in [2.24, 2.45) is 10.1 Å². The van der Waals surface area contributed by atoms with E-state index in [4.69, 9.17) is 27.9 Å². The monoisotopic (exact) mass is 387 g/mol. The first-order chi connectivity index (χ1) is 11.8. The zero-order valence-electron chi connectivity index (χ0n) is 13.0. The summed E-state index contributed by atoms with van der Waals surface area (Å²) >= 11 is 12.4. The van der Waals surface area contributed by atoms with Crippen LogP contribution in [-0.4, -0.2) is 43.6 Å². The second-order valence-electron chi connectivity index (χ2n) is 4.82. The highest BCUT2D eigenvalue weighted by atomic mass is 35.5. The number of allylic oxidation sites excluding steroid dienone is 1. The maximum Gasteiger partial charge on any atom is 0.279 e. The third-order valence-electron chi connectivity index (χ3n) is 3.16. The number of benzene rings is 1. The summed E-state index contributed by atoms with van der Waals surface area (Å²) in [5, 5.41) is 5.79. The number of carbonyl (C=O) groups excluding carboxylic acids is 1. The van der Waals surface area contributed by atoms with E-state index in [1.165, 1.54) is 24.2 Å². The highest BCUT2D eigenvalue weighted by molar-refractivity contribution is 6.41. The van der Waals surface area contributed by atoms with Crippen molar-refractivity contribution < 1.29 is 18.3 Å². The number of hydrazone groups is 1. The summed E-state index contributed by atoms with van der Waals surface area (Å²) in [5.41, 5.74) is 0.680. The molecule has 0 N–H and O–H groups in total. The van der Waals surface area contributed by atoms with Gasteiger partial charge in [0.25, 0.3) is 12.3 Å². The minimum Gasteiger partial charge on any atom is -0.471 e. The van der Waals surface area contributed by atoms with Crippen LogP contribution in [0, 0.1) is 0 Å².